The SMILES string of the molecule is O=C1S/C(=C\c2ccc(-c3ccc(F)cc3F)o2)C(=O)N1Cc1ccccc1[N+](=O)[O-]. The lowest BCUT2D eigenvalue weighted by molar-refractivity contribution is -0.385. The summed E-state index contributed by atoms with van der Waals surface area (Å²) in [5.41, 5.74) is 0.0798. The van der Waals surface area contributed by atoms with E-state index in [1.807, 2.05) is 0 Å². The first kappa shape index (κ1) is 20.5. The van der Waals surface area contributed by atoms with Crippen LogP contribution in [0, 0.1) is 21.7 Å². The van der Waals surface area contributed by atoms with Crippen LogP contribution in [0.1, 0.15) is 11.3 Å². The zero-order valence-electron chi connectivity index (χ0n) is 15.6. The van der Waals surface area contributed by atoms with Gasteiger partial charge in [-0.3, -0.25) is 24.6 Å². The van der Waals surface area contributed by atoms with Gasteiger partial charge in [0.15, 0.2) is 0 Å². The normalized spacial score (nSPS) is 15.2. The number of amides is 2. The summed E-state index contributed by atoms with van der Waals surface area (Å²) in [6.45, 7) is -0.247. The van der Waals surface area contributed by atoms with Gasteiger partial charge >= 0.3 is 0 Å². The molecule has 0 radical (unpaired) electrons. The van der Waals surface area contributed by atoms with E-state index in [9.17, 15) is 28.5 Å². The molecule has 0 aliphatic carbocycles. The number of thioether (sulfide) groups is 1. The van der Waals surface area contributed by atoms with Gasteiger partial charge in [0.1, 0.15) is 23.2 Å². The molecule has 2 aromatic carbocycles. The maximum absolute atomic E-state index is 13.9. The molecule has 1 aromatic heterocycles. The second-order valence-corrected chi connectivity index (χ2v) is 7.47. The largest absolute Gasteiger partial charge is 0.457 e. The van der Waals surface area contributed by atoms with Crippen molar-refractivity contribution in [2.75, 3.05) is 0 Å². The number of nitrogens with zero attached hydrogens (tertiary/aromatic N) is 2. The van der Waals surface area contributed by atoms with Gasteiger partial charge in [-0.25, -0.2) is 8.78 Å². The second-order valence-electron chi connectivity index (χ2n) is 6.48. The van der Waals surface area contributed by atoms with Crippen LogP contribution in [0.25, 0.3) is 17.4 Å². The molecule has 31 heavy (non-hydrogen) atoms. The summed E-state index contributed by atoms with van der Waals surface area (Å²) in [6.07, 6.45) is 1.33. The van der Waals surface area contributed by atoms with E-state index in [1.54, 1.807) is 6.07 Å². The maximum atomic E-state index is 13.9. The van der Waals surface area contributed by atoms with Crippen molar-refractivity contribution in [3.8, 4) is 11.3 Å². The minimum Gasteiger partial charge on any atom is -0.457 e. The Morgan fingerprint density at radius 1 is 1.10 bits per heavy atom. The summed E-state index contributed by atoms with van der Waals surface area (Å²) in [7, 11) is 0. The number of furan rings is 1. The van der Waals surface area contributed by atoms with Crippen molar-refractivity contribution >= 4 is 34.7 Å². The second kappa shape index (κ2) is 8.15. The standard InChI is InChI=1S/C21H12F2N2O5S/c22-13-5-7-15(16(23)9-13)18-8-6-14(30-18)10-19-20(26)24(21(27)31-19)11-12-3-1-2-4-17(12)25(28)29/h1-10H,11H2/b19-10-. The first-order chi connectivity index (χ1) is 14.8. The number of hydrogen-bond acceptors (Lipinski definition) is 6. The van der Waals surface area contributed by atoms with E-state index in [2.05, 4.69) is 0 Å². The van der Waals surface area contributed by atoms with Crippen LogP contribution in [0.15, 0.2) is 63.9 Å². The highest BCUT2D eigenvalue weighted by molar-refractivity contribution is 8.18. The molecule has 2 heterocycles. The number of nitro groups is 1. The zero-order valence-corrected chi connectivity index (χ0v) is 16.4. The molecule has 156 valence electrons. The molecule has 0 atom stereocenters. The Bertz CT molecular complexity index is 1250. The van der Waals surface area contributed by atoms with Gasteiger partial charge in [0.2, 0.25) is 0 Å². The molecule has 2 amide bonds. The lowest BCUT2D eigenvalue weighted by Crippen LogP contribution is -2.27. The molecule has 10 heteroatoms. The number of halogens is 2. The van der Waals surface area contributed by atoms with Gasteiger partial charge in [0.25, 0.3) is 16.8 Å². The minimum absolute atomic E-state index is 0.0468. The first-order valence-electron chi connectivity index (χ1n) is 8.86. The highest BCUT2D eigenvalue weighted by atomic mass is 32.2. The van der Waals surface area contributed by atoms with E-state index in [-0.39, 0.29) is 39.8 Å². The van der Waals surface area contributed by atoms with E-state index in [0.29, 0.717) is 11.8 Å². The maximum Gasteiger partial charge on any atom is 0.293 e. The summed E-state index contributed by atoms with van der Waals surface area (Å²) in [6, 6.07) is 11.8. The molecule has 0 unspecified atom stereocenters. The van der Waals surface area contributed by atoms with Crippen molar-refractivity contribution in [3.05, 3.63) is 92.6 Å². The van der Waals surface area contributed by atoms with Gasteiger partial charge < -0.3 is 4.42 Å². The summed E-state index contributed by atoms with van der Waals surface area (Å²) in [5, 5.41) is 10.6. The Morgan fingerprint density at radius 3 is 2.61 bits per heavy atom. The fourth-order valence-corrected chi connectivity index (χ4v) is 3.84. The van der Waals surface area contributed by atoms with Gasteiger partial charge in [-0.2, -0.15) is 0 Å². The molecule has 0 N–H and O–H groups in total. The molecule has 0 bridgehead atoms. The number of hydrogen-bond donors (Lipinski definition) is 0. The van der Waals surface area contributed by atoms with Crippen molar-refractivity contribution in [3.63, 3.8) is 0 Å². The van der Waals surface area contributed by atoms with Gasteiger partial charge in [-0.15, -0.1) is 0 Å². The number of benzene rings is 2. The van der Waals surface area contributed by atoms with Crippen LogP contribution in [0.3, 0.4) is 0 Å². The number of para-hydroxylation sites is 1. The Morgan fingerprint density at radius 2 is 1.87 bits per heavy atom. The topological polar surface area (TPSA) is 93.7 Å². The van der Waals surface area contributed by atoms with Gasteiger partial charge in [-0.05, 0) is 36.0 Å². The van der Waals surface area contributed by atoms with Crippen LogP contribution in [0.4, 0.5) is 19.3 Å². The summed E-state index contributed by atoms with van der Waals surface area (Å²) in [4.78, 5) is 36.5. The van der Waals surface area contributed by atoms with Crippen molar-refractivity contribution in [2.24, 2.45) is 0 Å². The quantitative estimate of drug-likeness (QED) is 0.300. The summed E-state index contributed by atoms with van der Waals surface area (Å²) >= 11 is 0.665. The molecule has 0 saturated carbocycles. The molecule has 7 nitrogen and oxygen atoms in total. The van der Waals surface area contributed by atoms with E-state index in [1.165, 1.54) is 42.5 Å². The van der Waals surface area contributed by atoms with Gasteiger partial charge in [0, 0.05) is 23.8 Å². The van der Waals surface area contributed by atoms with Crippen molar-refractivity contribution in [1.29, 1.82) is 0 Å². The van der Waals surface area contributed by atoms with E-state index < -0.39 is 27.7 Å². The number of carbonyl (C=O) groups is 2. The lowest BCUT2D eigenvalue weighted by Gasteiger charge is -2.12. The molecule has 3 aromatic rings. The Kier molecular flexibility index (Phi) is 5.38. The monoisotopic (exact) mass is 442 g/mol. The molecule has 0 spiro atoms. The molecule has 1 aliphatic rings. The van der Waals surface area contributed by atoms with Crippen LogP contribution in [-0.2, 0) is 11.3 Å². The molecule has 1 fully saturated rings. The highest BCUT2D eigenvalue weighted by Gasteiger charge is 2.36. The number of nitro benzene ring substituents is 1. The van der Waals surface area contributed by atoms with Crippen LogP contribution in [0.2, 0.25) is 0 Å². The molecule has 1 saturated heterocycles. The number of rotatable bonds is 5. The van der Waals surface area contributed by atoms with Crippen LogP contribution < -0.4 is 0 Å². The highest BCUT2D eigenvalue weighted by Crippen LogP contribution is 2.35. The van der Waals surface area contributed by atoms with Crippen LogP contribution >= 0.6 is 11.8 Å². The molecule has 1 aliphatic heterocycles. The smallest absolute Gasteiger partial charge is 0.293 e. The van der Waals surface area contributed by atoms with Crippen LogP contribution in [0.5, 0.6) is 0 Å². The molecular weight excluding hydrogens is 430 g/mol. The predicted octanol–water partition coefficient (Wildman–Crippen LogP) is 5.37. The number of imide groups is 1. The zero-order chi connectivity index (χ0) is 22.1. The minimum atomic E-state index is -0.800. The lowest BCUT2D eigenvalue weighted by atomic mass is 10.1. The van der Waals surface area contributed by atoms with E-state index in [4.69, 9.17) is 4.42 Å². The Hall–Kier alpha value is -3.79. The third kappa shape index (κ3) is 4.10. The van der Waals surface area contributed by atoms with Crippen molar-refractivity contribution in [1.82, 2.24) is 4.90 Å². The van der Waals surface area contributed by atoms with E-state index >= 15 is 0 Å². The third-order valence-corrected chi connectivity index (χ3v) is 5.39. The average molecular weight is 442 g/mol. The Balaban J connectivity index is 1.57. The first-order valence-corrected chi connectivity index (χ1v) is 9.68. The van der Waals surface area contributed by atoms with E-state index in [0.717, 1.165) is 17.0 Å². The van der Waals surface area contributed by atoms with Crippen molar-refractivity contribution in [2.45, 2.75) is 6.54 Å². The fraction of sp³-hybridized carbons (Fsp3) is 0.0476. The van der Waals surface area contributed by atoms with Gasteiger partial charge in [-0.1, -0.05) is 18.2 Å². The third-order valence-electron chi connectivity index (χ3n) is 4.49. The molecular formula is C21H12F2N2O5S. The summed E-state index contributed by atoms with van der Waals surface area (Å²) < 4.78 is 32.5. The average Bonchev–Trinajstić information content (AvgIpc) is 3.28. The number of carbonyl (C=O) groups excluding carboxylic acids is 2. The van der Waals surface area contributed by atoms with Crippen LogP contribution in [-0.4, -0.2) is 21.0 Å². The predicted molar refractivity (Wildman–Crippen MR) is 109 cm³/mol. The summed E-state index contributed by atoms with van der Waals surface area (Å²) in [5.74, 6) is -1.83. The fourth-order valence-electron chi connectivity index (χ4n) is 3.02. The van der Waals surface area contributed by atoms with Crippen molar-refractivity contribution < 1.29 is 27.7 Å². The molecule has 4 rings (SSSR count). The Labute approximate surface area is 178 Å². The van der Waals surface area contributed by atoms with Gasteiger partial charge in [0.05, 0.1) is 21.9 Å².